The zero-order valence-electron chi connectivity index (χ0n) is 6.54. The summed E-state index contributed by atoms with van der Waals surface area (Å²) in [5.74, 6) is 0. The Balaban J connectivity index is 2.91. The van der Waals surface area contributed by atoms with E-state index in [1.807, 2.05) is 42.5 Å². The van der Waals surface area contributed by atoms with E-state index < -0.39 is 0 Å². The third-order valence-electron chi connectivity index (χ3n) is 1.57. The molecule has 2 aromatic rings. The van der Waals surface area contributed by atoms with Gasteiger partial charge in [-0.25, -0.2) is 0 Å². The van der Waals surface area contributed by atoms with Gasteiger partial charge in [0.15, 0.2) is 0 Å². The molecule has 0 bridgehead atoms. The minimum absolute atomic E-state index is 0.600. The van der Waals surface area contributed by atoms with Crippen LogP contribution in [0.15, 0.2) is 48.5 Å². The Morgan fingerprint density at radius 2 is 1.40 bits per heavy atom. The Morgan fingerprint density at radius 3 is 2.10 bits per heavy atom. The van der Waals surface area contributed by atoms with Gasteiger partial charge in [0.1, 0.15) is 0 Å². The molecule has 2 rings (SSSR count). The van der Waals surface area contributed by atoms with Gasteiger partial charge in [-0.05, 0) is 10.8 Å². The molecule has 0 saturated heterocycles. The Labute approximate surface area is 61.5 Å². The van der Waals surface area contributed by atoms with Crippen molar-refractivity contribution in [3.8, 4) is 0 Å². The first-order valence-corrected chi connectivity index (χ1v) is 3.32. The second-order valence-electron chi connectivity index (χ2n) is 2.26. The predicted molar refractivity (Wildman–Crippen MR) is 43.9 cm³/mol. The van der Waals surface area contributed by atoms with Crippen molar-refractivity contribution in [1.82, 2.24) is 0 Å². The zero-order chi connectivity index (χ0) is 7.68. The lowest BCUT2D eigenvalue weighted by molar-refractivity contribution is 1.75. The number of hydrogen-bond donors (Lipinski definition) is 0. The average molecular weight is 130 g/mol. The lowest BCUT2D eigenvalue weighted by Crippen LogP contribution is -1.67. The molecule has 0 unspecified atom stereocenters. The third-order valence-corrected chi connectivity index (χ3v) is 1.57. The molecule has 0 spiro atoms. The summed E-state index contributed by atoms with van der Waals surface area (Å²) in [6, 6.07) is 14.3. The van der Waals surface area contributed by atoms with Crippen LogP contribution in [0.25, 0.3) is 10.8 Å². The fourth-order valence-electron chi connectivity index (χ4n) is 1.06. The van der Waals surface area contributed by atoms with Gasteiger partial charge in [-0.2, -0.15) is 0 Å². The Bertz CT molecular complexity index is 374. The van der Waals surface area contributed by atoms with Gasteiger partial charge in [0.25, 0.3) is 0 Å². The summed E-state index contributed by atoms with van der Waals surface area (Å²) in [4.78, 5) is 0. The summed E-state index contributed by atoms with van der Waals surface area (Å²) >= 11 is 0. The molecule has 0 aliphatic rings. The second kappa shape index (κ2) is 2.14. The molecule has 0 radical (unpaired) electrons. The Kier molecular flexibility index (Phi) is 0.966. The molecule has 0 aliphatic heterocycles. The van der Waals surface area contributed by atoms with Crippen molar-refractivity contribution < 1.29 is 1.37 Å². The molecule has 0 aliphatic carbocycles. The fraction of sp³-hybridized carbons (Fsp3) is 0. The lowest BCUT2D eigenvalue weighted by Gasteiger charge is -1.92. The normalized spacial score (nSPS) is 11.4. The summed E-state index contributed by atoms with van der Waals surface area (Å²) < 4.78 is 7.56. The van der Waals surface area contributed by atoms with Crippen LogP contribution < -0.4 is 0 Å². The smallest absolute Gasteiger partial charge is 0.0616 e. The monoisotopic (exact) mass is 130 g/mol. The van der Waals surface area contributed by atoms with Crippen LogP contribution in [-0.2, 0) is 0 Å². The molecule has 0 heteroatoms. The molecule has 2 aromatic carbocycles. The summed E-state index contributed by atoms with van der Waals surface area (Å²) in [6.07, 6.45) is 0. The van der Waals surface area contributed by atoms with E-state index in [-0.39, 0.29) is 0 Å². The molecular formula is C10H8. The van der Waals surface area contributed by atoms with Crippen LogP contribution in [0.3, 0.4) is 0 Å². The van der Waals surface area contributed by atoms with Crippen LogP contribution in [0.5, 0.6) is 0 Å². The van der Waals surface area contributed by atoms with Crippen LogP contribution in [0.2, 0.25) is 0 Å². The summed E-state index contributed by atoms with van der Waals surface area (Å²) in [5.41, 5.74) is 0. The summed E-state index contributed by atoms with van der Waals surface area (Å²) in [6.45, 7) is 0. The van der Waals surface area contributed by atoms with Gasteiger partial charge in [-0.1, -0.05) is 48.5 Å². The van der Waals surface area contributed by atoms with Crippen LogP contribution in [-0.4, -0.2) is 0 Å². The molecule has 0 saturated carbocycles. The van der Waals surface area contributed by atoms with E-state index in [4.69, 9.17) is 1.37 Å². The van der Waals surface area contributed by atoms with Crippen molar-refractivity contribution in [2.24, 2.45) is 0 Å². The highest BCUT2D eigenvalue weighted by molar-refractivity contribution is 5.81. The van der Waals surface area contributed by atoms with Crippen LogP contribution in [0.4, 0.5) is 0 Å². The van der Waals surface area contributed by atoms with Crippen LogP contribution in [0, 0.1) is 0 Å². The van der Waals surface area contributed by atoms with Crippen LogP contribution in [0.1, 0.15) is 1.37 Å². The van der Waals surface area contributed by atoms with Gasteiger partial charge < -0.3 is 0 Å². The number of rotatable bonds is 0. The van der Waals surface area contributed by atoms with Crippen molar-refractivity contribution in [2.75, 3.05) is 0 Å². The standard InChI is InChI=1S/C10H8/c1-2-6-10-8-4-3-7-9(10)5-1/h1-8H/i5+1D. The van der Waals surface area contributed by atoms with Gasteiger partial charge in [0, 0.05) is 0 Å². The molecule has 10 heavy (non-hydrogen) atoms. The Hall–Kier alpha value is -1.30. The third kappa shape index (κ3) is 0.781. The molecular weight excluding hydrogens is 121 g/mol. The van der Waals surface area contributed by atoms with E-state index >= 15 is 0 Å². The zero-order valence-corrected chi connectivity index (χ0v) is 5.54. The predicted octanol–water partition coefficient (Wildman–Crippen LogP) is 2.84. The van der Waals surface area contributed by atoms with Crippen molar-refractivity contribution in [3.63, 3.8) is 0 Å². The molecule has 0 fully saturated rings. The van der Waals surface area contributed by atoms with E-state index in [2.05, 4.69) is 0 Å². The van der Waals surface area contributed by atoms with Gasteiger partial charge in [0.2, 0.25) is 0 Å². The van der Waals surface area contributed by atoms with E-state index in [0.717, 1.165) is 10.8 Å². The quantitative estimate of drug-likeness (QED) is 0.514. The van der Waals surface area contributed by atoms with E-state index in [1.54, 1.807) is 0 Å². The SMILES string of the molecule is [2H][13c]1cccc2ccccc21. The van der Waals surface area contributed by atoms with Crippen molar-refractivity contribution in [2.45, 2.75) is 0 Å². The first-order valence-electron chi connectivity index (χ1n) is 3.82. The fourth-order valence-corrected chi connectivity index (χ4v) is 1.06. The highest BCUT2D eigenvalue weighted by atomic mass is 14.1. The summed E-state index contributed by atoms with van der Waals surface area (Å²) in [7, 11) is 0. The highest BCUT2D eigenvalue weighted by Crippen LogP contribution is 2.11. The Morgan fingerprint density at radius 1 is 0.800 bits per heavy atom. The molecule has 0 heterocycles. The number of benzene rings is 2. The van der Waals surface area contributed by atoms with Crippen molar-refractivity contribution >= 4 is 10.8 Å². The maximum absolute atomic E-state index is 7.56. The van der Waals surface area contributed by atoms with Crippen LogP contribution >= 0.6 is 0 Å². The average Bonchev–Trinajstić information content (AvgIpc) is 2.06. The van der Waals surface area contributed by atoms with Gasteiger partial charge >= 0.3 is 0 Å². The van der Waals surface area contributed by atoms with Crippen molar-refractivity contribution in [3.05, 3.63) is 48.5 Å². The lowest BCUT2D eigenvalue weighted by atomic mass is 10.2. The van der Waals surface area contributed by atoms with E-state index in [9.17, 15) is 0 Å². The van der Waals surface area contributed by atoms with E-state index in [1.165, 1.54) is 0 Å². The van der Waals surface area contributed by atoms with Gasteiger partial charge in [-0.15, -0.1) is 0 Å². The second-order valence-corrected chi connectivity index (χ2v) is 2.26. The number of fused-ring (bicyclic) bond motifs is 1. The number of hydrogen-bond acceptors (Lipinski definition) is 0. The first kappa shape index (κ1) is 4.51. The topological polar surface area (TPSA) is 0 Å². The minimum Gasteiger partial charge on any atom is -0.0616 e. The first-order chi connectivity index (χ1) is 5.38. The van der Waals surface area contributed by atoms with Gasteiger partial charge in [0.05, 0.1) is 1.37 Å². The maximum atomic E-state index is 7.56. The molecule has 0 aromatic heterocycles. The molecule has 0 amide bonds. The van der Waals surface area contributed by atoms with Gasteiger partial charge in [-0.3, -0.25) is 0 Å². The molecule has 0 N–H and O–H groups in total. The maximum Gasteiger partial charge on any atom is 0.0629 e. The molecule has 48 valence electrons. The van der Waals surface area contributed by atoms with Crippen molar-refractivity contribution in [1.29, 1.82) is 0 Å². The summed E-state index contributed by atoms with van der Waals surface area (Å²) in [5, 5.41) is 2.16. The minimum atomic E-state index is 0.600. The largest absolute Gasteiger partial charge is 0.0629 e. The van der Waals surface area contributed by atoms with E-state index in [0.29, 0.717) is 6.04 Å². The highest BCUT2D eigenvalue weighted by Gasteiger charge is 1.85. The molecule has 0 atom stereocenters. The molecule has 0 nitrogen and oxygen atoms in total.